The number of aliphatic imine (C=N–C) groups is 1. The van der Waals surface area contributed by atoms with E-state index < -0.39 is 17.7 Å². The number of aryl methyl sites for hydroxylation is 2. The van der Waals surface area contributed by atoms with Crippen LogP contribution in [0.4, 0.5) is 14.5 Å². The number of likely N-dealkylation sites (N-methyl/N-ethyl adjacent to an activating group) is 1. The van der Waals surface area contributed by atoms with Crippen LogP contribution in [0.25, 0.3) is 0 Å². The molecule has 1 unspecified atom stereocenters. The zero-order chi connectivity index (χ0) is 18.6. The third-order valence-corrected chi connectivity index (χ3v) is 3.88. The molecule has 0 spiro atoms. The minimum absolute atomic E-state index is 0.00421. The topological polar surface area (TPSA) is 53.6 Å². The molecule has 0 aliphatic heterocycles. The highest BCUT2D eigenvalue weighted by Gasteiger charge is 2.21. The Morgan fingerprint density at radius 1 is 1.12 bits per heavy atom. The number of nitrogens with two attached hydrogens (primary N) is 1. The van der Waals surface area contributed by atoms with E-state index in [9.17, 15) is 8.78 Å². The van der Waals surface area contributed by atoms with Crippen LogP contribution in [-0.2, 0) is 0 Å². The van der Waals surface area contributed by atoms with E-state index in [0.717, 1.165) is 16.8 Å². The molecule has 0 aliphatic carbocycles. The molecule has 0 fully saturated rings. The maximum Gasteiger partial charge on any atom is 0.193 e. The van der Waals surface area contributed by atoms with Gasteiger partial charge in [-0.25, -0.2) is 8.78 Å². The van der Waals surface area contributed by atoms with Gasteiger partial charge in [0.05, 0.1) is 12.6 Å². The lowest BCUT2D eigenvalue weighted by atomic mass is 10.0. The number of guanidine groups is 1. The van der Waals surface area contributed by atoms with Crippen LogP contribution in [-0.4, -0.2) is 31.5 Å². The van der Waals surface area contributed by atoms with Crippen LogP contribution in [0.15, 0.2) is 41.4 Å². The number of halogens is 2. The van der Waals surface area contributed by atoms with Gasteiger partial charge in [-0.05, 0) is 63.3 Å². The summed E-state index contributed by atoms with van der Waals surface area (Å²) in [4.78, 5) is 5.98. The second-order valence-electron chi connectivity index (χ2n) is 6.34. The van der Waals surface area contributed by atoms with Crippen molar-refractivity contribution in [3.63, 3.8) is 0 Å². The van der Waals surface area contributed by atoms with E-state index in [1.807, 2.05) is 26.0 Å². The van der Waals surface area contributed by atoms with Gasteiger partial charge in [-0.2, -0.15) is 0 Å². The molecule has 0 saturated carbocycles. The predicted octanol–water partition coefficient (Wildman–Crippen LogP) is 3.61. The number of benzene rings is 2. The molecule has 3 N–H and O–H groups in total. The maximum atomic E-state index is 14.1. The lowest BCUT2D eigenvalue weighted by Gasteiger charge is -2.24. The van der Waals surface area contributed by atoms with E-state index >= 15 is 0 Å². The molecule has 134 valence electrons. The Morgan fingerprint density at radius 2 is 1.68 bits per heavy atom. The van der Waals surface area contributed by atoms with Crippen molar-refractivity contribution in [2.24, 2.45) is 10.7 Å². The van der Waals surface area contributed by atoms with Gasteiger partial charge in [0.25, 0.3) is 0 Å². The van der Waals surface area contributed by atoms with Crippen molar-refractivity contribution in [2.45, 2.75) is 19.9 Å². The van der Waals surface area contributed by atoms with Crippen LogP contribution < -0.4 is 11.1 Å². The number of anilines is 1. The summed E-state index contributed by atoms with van der Waals surface area (Å²) in [6.07, 6.45) is 0. The highest BCUT2D eigenvalue weighted by Crippen LogP contribution is 2.24. The highest BCUT2D eigenvalue weighted by molar-refractivity contribution is 5.92. The van der Waals surface area contributed by atoms with Crippen LogP contribution in [0.2, 0.25) is 0 Å². The summed E-state index contributed by atoms with van der Waals surface area (Å²) in [5, 5.41) is 3.02. The molecule has 0 heterocycles. The number of rotatable bonds is 5. The van der Waals surface area contributed by atoms with Crippen molar-refractivity contribution in [2.75, 3.05) is 26.0 Å². The number of nitrogens with one attached hydrogen (secondary N) is 1. The molecule has 4 nitrogen and oxygen atoms in total. The summed E-state index contributed by atoms with van der Waals surface area (Å²) in [5.41, 5.74) is 8.98. The van der Waals surface area contributed by atoms with Crippen LogP contribution >= 0.6 is 0 Å². The lowest BCUT2D eigenvalue weighted by Crippen LogP contribution is -2.28. The van der Waals surface area contributed by atoms with Gasteiger partial charge in [0.1, 0.15) is 11.6 Å². The molecule has 2 rings (SSSR count). The van der Waals surface area contributed by atoms with Crippen molar-refractivity contribution < 1.29 is 8.78 Å². The molecule has 0 saturated heterocycles. The number of hydrogen-bond acceptors (Lipinski definition) is 2. The standard InChI is InChI=1S/C19H24F2N4/c1-12-8-13(2)10-14(9-12)24-19(22)23-11-17(25(3)4)18-15(20)6-5-7-16(18)21/h5-10,17H,11H2,1-4H3,(H3,22,23,24). The SMILES string of the molecule is Cc1cc(C)cc(NC(N)=NCC(c2c(F)cccc2F)N(C)C)c1. The molecule has 0 aliphatic rings. The minimum atomic E-state index is -0.588. The van der Waals surface area contributed by atoms with Gasteiger partial charge >= 0.3 is 0 Å². The summed E-state index contributed by atoms with van der Waals surface area (Å²) < 4.78 is 28.1. The summed E-state index contributed by atoms with van der Waals surface area (Å²) in [7, 11) is 3.50. The molecule has 6 heteroatoms. The second-order valence-corrected chi connectivity index (χ2v) is 6.34. The Balaban J connectivity index is 2.18. The Labute approximate surface area is 147 Å². The van der Waals surface area contributed by atoms with Gasteiger partial charge in [-0.1, -0.05) is 12.1 Å². The highest BCUT2D eigenvalue weighted by atomic mass is 19.1. The molecule has 0 radical (unpaired) electrons. The van der Waals surface area contributed by atoms with E-state index in [-0.39, 0.29) is 18.1 Å². The Hall–Kier alpha value is -2.47. The summed E-state index contributed by atoms with van der Waals surface area (Å²) in [6.45, 7) is 4.12. The molecule has 1 atom stereocenters. The van der Waals surface area contributed by atoms with Gasteiger partial charge in [-0.3, -0.25) is 4.99 Å². The summed E-state index contributed by atoms with van der Waals surface area (Å²) in [5.74, 6) is -0.974. The third kappa shape index (κ3) is 5.00. The van der Waals surface area contributed by atoms with Crippen molar-refractivity contribution in [1.29, 1.82) is 0 Å². The fourth-order valence-electron chi connectivity index (χ4n) is 2.76. The van der Waals surface area contributed by atoms with Crippen LogP contribution in [0.1, 0.15) is 22.7 Å². The molecule has 0 aromatic heterocycles. The third-order valence-electron chi connectivity index (χ3n) is 3.88. The van der Waals surface area contributed by atoms with E-state index in [1.54, 1.807) is 19.0 Å². The van der Waals surface area contributed by atoms with Crippen LogP contribution in [0.5, 0.6) is 0 Å². The maximum absolute atomic E-state index is 14.1. The van der Waals surface area contributed by atoms with Gasteiger partial charge < -0.3 is 16.0 Å². The predicted molar refractivity (Wildman–Crippen MR) is 98.8 cm³/mol. The van der Waals surface area contributed by atoms with Gasteiger partial charge in [0.15, 0.2) is 5.96 Å². The van der Waals surface area contributed by atoms with Gasteiger partial charge in [0, 0.05) is 11.3 Å². The molecule has 2 aromatic carbocycles. The van der Waals surface area contributed by atoms with Crippen molar-refractivity contribution in [3.05, 3.63) is 64.7 Å². The molecular weight excluding hydrogens is 322 g/mol. The number of hydrogen-bond donors (Lipinski definition) is 2. The summed E-state index contributed by atoms with van der Waals surface area (Å²) >= 11 is 0. The molecular formula is C19H24F2N4. The molecule has 0 bridgehead atoms. The van der Waals surface area contributed by atoms with E-state index in [4.69, 9.17) is 5.73 Å². The average molecular weight is 346 g/mol. The second kappa shape index (κ2) is 8.07. The smallest absolute Gasteiger partial charge is 0.193 e. The van der Waals surface area contributed by atoms with Gasteiger partial charge in [-0.15, -0.1) is 0 Å². The molecule has 0 amide bonds. The molecule has 2 aromatic rings. The fraction of sp³-hybridized carbons (Fsp3) is 0.316. The average Bonchev–Trinajstić information content (AvgIpc) is 2.48. The zero-order valence-electron chi connectivity index (χ0n) is 15.0. The first kappa shape index (κ1) is 18.9. The van der Waals surface area contributed by atoms with E-state index in [0.29, 0.717) is 0 Å². The largest absolute Gasteiger partial charge is 0.370 e. The Morgan fingerprint density at radius 3 is 2.20 bits per heavy atom. The zero-order valence-corrected chi connectivity index (χ0v) is 15.0. The van der Waals surface area contributed by atoms with Crippen LogP contribution in [0.3, 0.4) is 0 Å². The van der Waals surface area contributed by atoms with Crippen molar-refractivity contribution >= 4 is 11.6 Å². The van der Waals surface area contributed by atoms with E-state index in [1.165, 1.54) is 18.2 Å². The summed E-state index contributed by atoms with van der Waals surface area (Å²) in [6, 6.07) is 9.25. The quantitative estimate of drug-likeness (QED) is 0.642. The van der Waals surface area contributed by atoms with Crippen LogP contribution in [0, 0.1) is 25.5 Å². The van der Waals surface area contributed by atoms with Gasteiger partial charge in [0.2, 0.25) is 0 Å². The first-order valence-electron chi connectivity index (χ1n) is 8.03. The first-order valence-corrected chi connectivity index (χ1v) is 8.03. The fourth-order valence-corrected chi connectivity index (χ4v) is 2.76. The molecule has 25 heavy (non-hydrogen) atoms. The minimum Gasteiger partial charge on any atom is -0.370 e. The van der Waals surface area contributed by atoms with Crippen molar-refractivity contribution in [3.8, 4) is 0 Å². The first-order chi connectivity index (χ1) is 11.8. The Kier molecular flexibility index (Phi) is 6.09. The van der Waals surface area contributed by atoms with E-state index in [2.05, 4.69) is 16.4 Å². The van der Waals surface area contributed by atoms with Crippen molar-refractivity contribution in [1.82, 2.24) is 4.90 Å². The Bertz CT molecular complexity index is 732. The number of nitrogens with zero attached hydrogens (tertiary/aromatic N) is 2. The monoisotopic (exact) mass is 346 g/mol. The lowest BCUT2D eigenvalue weighted by molar-refractivity contribution is 0.290. The normalized spacial score (nSPS) is 13.2.